The highest BCUT2D eigenvalue weighted by Crippen LogP contribution is 2.36. The van der Waals surface area contributed by atoms with Gasteiger partial charge in [-0.3, -0.25) is 4.79 Å². The number of hydrogen-bond donors (Lipinski definition) is 1. The molecule has 1 saturated carbocycles. The second-order valence-corrected chi connectivity index (χ2v) is 7.22. The molecule has 0 bridgehead atoms. The first-order valence-corrected chi connectivity index (χ1v) is 8.04. The van der Waals surface area contributed by atoms with E-state index in [1.165, 1.54) is 25.7 Å². The summed E-state index contributed by atoms with van der Waals surface area (Å²) in [6.07, 6.45) is 7.95. The zero-order valence-electron chi connectivity index (χ0n) is 13.6. The van der Waals surface area contributed by atoms with Crippen LogP contribution < -0.4 is 11.3 Å². The Morgan fingerprint density at radius 3 is 2.67 bits per heavy atom. The van der Waals surface area contributed by atoms with Crippen molar-refractivity contribution in [3.63, 3.8) is 0 Å². The Morgan fingerprint density at radius 1 is 1.33 bits per heavy atom. The zero-order chi connectivity index (χ0) is 15.5. The second-order valence-electron chi connectivity index (χ2n) is 7.22. The Morgan fingerprint density at radius 2 is 2.00 bits per heavy atom. The Kier molecular flexibility index (Phi) is 5.09. The highest BCUT2D eigenvalue weighted by molar-refractivity contribution is 5.33. The molecule has 0 radical (unpaired) electrons. The fourth-order valence-electron chi connectivity index (χ4n) is 3.22. The van der Waals surface area contributed by atoms with Gasteiger partial charge in [0, 0.05) is 30.5 Å². The fourth-order valence-corrected chi connectivity index (χ4v) is 3.22. The summed E-state index contributed by atoms with van der Waals surface area (Å²) in [5.41, 5.74) is 6.94. The topological polar surface area (TPSA) is 51.3 Å². The molecule has 1 aliphatic rings. The number of aromatic nitrogens is 1. The van der Waals surface area contributed by atoms with Gasteiger partial charge in [-0.2, -0.15) is 0 Å². The fraction of sp³-hybridized carbons (Fsp3) is 0.706. The minimum absolute atomic E-state index is 0.0336. The summed E-state index contributed by atoms with van der Waals surface area (Å²) >= 11 is 0. The molecule has 0 atom stereocenters. The number of anilines is 1. The van der Waals surface area contributed by atoms with Crippen LogP contribution in [-0.4, -0.2) is 29.1 Å². The average molecular weight is 291 g/mol. The maximum Gasteiger partial charge on any atom is 0.250 e. The average Bonchev–Trinajstić information content (AvgIpc) is 2.42. The van der Waals surface area contributed by atoms with E-state index in [2.05, 4.69) is 25.8 Å². The van der Waals surface area contributed by atoms with Crippen molar-refractivity contribution in [1.82, 2.24) is 9.47 Å². The third-order valence-electron chi connectivity index (χ3n) is 4.85. The summed E-state index contributed by atoms with van der Waals surface area (Å²) in [5, 5.41) is 0. The molecule has 118 valence electrons. The van der Waals surface area contributed by atoms with Crippen LogP contribution in [0.5, 0.6) is 0 Å². The molecule has 21 heavy (non-hydrogen) atoms. The van der Waals surface area contributed by atoms with E-state index in [0.717, 1.165) is 19.5 Å². The maximum atomic E-state index is 11.7. The molecule has 0 aliphatic heterocycles. The van der Waals surface area contributed by atoms with E-state index in [0.29, 0.717) is 17.1 Å². The highest BCUT2D eigenvalue weighted by atomic mass is 16.1. The van der Waals surface area contributed by atoms with E-state index in [4.69, 9.17) is 5.73 Å². The zero-order valence-corrected chi connectivity index (χ0v) is 13.6. The van der Waals surface area contributed by atoms with Crippen LogP contribution in [0.1, 0.15) is 46.0 Å². The summed E-state index contributed by atoms with van der Waals surface area (Å²) < 4.78 is 1.72. The molecular weight excluding hydrogens is 262 g/mol. The van der Waals surface area contributed by atoms with E-state index in [1.807, 2.05) is 0 Å². The Balaban J connectivity index is 1.78. The molecule has 1 aromatic heterocycles. The Labute approximate surface area is 127 Å². The SMILES string of the molecule is CN(CCCn1cc(N)ccc1=O)C1CCC(C)(C)CC1. The lowest BCUT2D eigenvalue weighted by Gasteiger charge is -2.38. The van der Waals surface area contributed by atoms with E-state index < -0.39 is 0 Å². The number of rotatable bonds is 5. The number of hydrogen-bond acceptors (Lipinski definition) is 3. The number of pyridine rings is 1. The lowest BCUT2D eigenvalue weighted by Crippen LogP contribution is -2.38. The predicted molar refractivity (Wildman–Crippen MR) is 88.4 cm³/mol. The summed E-state index contributed by atoms with van der Waals surface area (Å²) in [7, 11) is 2.21. The van der Waals surface area contributed by atoms with Crippen LogP contribution in [0.3, 0.4) is 0 Å². The third kappa shape index (κ3) is 4.60. The van der Waals surface area contributed by atoms with Gasteiger partial charge in [0.2, 0.25) is 0 Å². The van der Waals surface area contributed by atoms with Crippen LogP contribution in [0.2, 0.25) is 0 Å². The van der Waals surface area contributed by atoms with Gasteiger partial charge in [-0.15, -0.1) is 0 Å². The molecule has 0 unspecified atom stereocenters. The quantitative estimate of drug-likeness (QED) is 0.907. The van der Waals surface area contributed by atoms with Crippen LogP contribution in [0, 0.1) is 5.41 Å². The molecule has 0 spiro atoms. The number of nitrogen functional groups attached to an aromatic ring is 1. The number of nitrogens with zero attached hydrogens (tertiary/aromatic N) is 2. The summed E-state index contributed by atoms with van der Waals surface area (Å²) in [6.45, 7) is 6.52. The summed E-state index contributed by atoms with van der Waals surface area (Å²) in [4.78, 5) is 14.2. The predicted octanol–water partition coefficient (Wildman–Crippen LogP) is 2.72. The van der Waals surface area contributed by atoms with Gasteiger partial charge in [-0.1, -0.05) is 13.8 Å². The molecule has 2 N–H and O–H groups in total. The van der Waals surface area contributed by atoms with Gasteiger partial charge in [0.15, 0.2) is 0 Å². The van der Waals surface area contributed by atoms with Gasteiger partial charge in [0.25, 0.3) is 5.56 Å². The summed E-state index contributed by atoms with van der Waals surface area (Å²) in [5.74, 6) is 0. The molecule has 1 aliphatic carbocycles. The lowest BCUT2D eigenvalue weighted by atomic mass is 9.75. The molecule has 0 amide bonds. The molecule has 2 rings (SSSR count). The molecular formula is C17H29N3O. The maximum absolute atomic E-state index is 11.7. The first-order valence-electron chi connectivity index (χ1n) is 8.04. The van der Waals surface area contributed by atoms with E-state index in [-0.39, 0.29) is 5.56 Å². The molecule has 0 saturated heterocycles. The highest BCUT2D eigenvalue weighted by Gasteiger charge is 2.28. The lowest BCUT2D eigenvalue weighted by molar-refractivity contribution is 0.125. The molecule has 4 heteroatoms. The van der Waals surface area contributed by atoms with Crippen LogP contribution >= 0.6 is 0 Å². The van der Waals surface area contributed by atoms with Crippen molar-refractivity contribution in [3.8, 4) is 0 Å². The van der Waals surface area contributed by atoms with Crippen molar-refractivity contribution in [1.29, 1.82) is 0 Å². The monoisotopic (exact) mass is 291 g/mol. The summed E-state index contributed by atoms with van der Waals surface area (Å²) in [6, 6.07) is 3.91. The third-order valence-corrected chi connectivity index (χ3v) is 4.85. The first kappa shape index (κ1) is 16.1. The molecule has 1 fully saturated rings. The Bertz CT molecular complexity index is 511. The number of aryl methyl sites for hydroxylation is 1. The minimum Gasteiger partial charge on any atom is -0.398 e. The van der Waals surface area contributed by atoms with Crippen molar-refractivity contribution in [3.05, 3.63) is 28.7 Å². The largest absolute Gasteiger partial charge is 0.398 e. The van der Waals surface area contributed by atoms with Crippen LogP contribution in [-0.2, 0) is 6.54 Å². The van der Waals surface area contributed by atoms with Gasteiger partial charge in [0.05, 0.1) is 0 Å². The molecule has 1 aromatic rings. The van der Waals surface area contributed by atoms with Gasteiger partial charge < -0.3 is 15.2 Å². The van der Waals surface area contributed by atoms with Crippen LogP contribution in [0.4, 0.5) is 5.69 Å². The molecule has 1 heterocycles. The van der Waals surface area contributed by atoms with Crippen molar-refractivity contribution >= 4 is 5.69 Å². The van der Waals surface area contributed by atoms with Gasteiger partial charge in [-0.25, -0.2) is 0 Å². The van der Waals surface area contributed by atoms with Crippen molar-refractivity contribution in [2.75, 3.05) is 19.3 Å². The van der Waals surface area contributed by atoms with Crippen molar-refractivity contribution in [2.45, 2.75) is 58.5 Å². The normalized spacial score (nSPS) is 19.0. The molecule has 0 aromatic carbocycles. The van der Waals surface area contributed by atoms with Gasteiger partial charge in [0.1, 0.15) is 0 Å². The van der Waals surface area contributed by atoms with Crippen LogP contribution in [0.15, 0.2) is 23.1 Å². The van der Waals surface area contributed by atoms with E-state index in [9.17, 15) is 4.79 Å². The van der Waals surface area contributed by atoms with E-state index in [1.54, 1.807) is 22.9 Å². The number of nitrogens with two attached hydrogens (primary N) is 1. The Hall–Kier alpha value is -1.29. The van der Waals surface area contributed by atoms with Crippen molar-refractivity contribution in [2.24, 2.45) is 5.41 Å². The minimum atomic E-state index is 0.0336. The second kappa shape index (κ2) is 6.65. The standard InChI is InChI=1S/C17H29N3O/c1-17(2)9-7-15(8-10-17)19(3)11-4-12-20-13-14(18)5-6-16(20)21/h5-6,13,15H,4,7-12,18H2,1-3H3. The smallest absolute Gasteiger partial charge is 0.250 e. The van der Waals surface area contributed by atoms with Gasteiger partial charge >= 0.3 is 0 Å². The molecule has 4 nitrogen and oxygen atoms in total. The van der Waals surface area contributed by atoms with Gasteiger partial charge in [-0.05, 0) is 57.2 Å². The van der Waals surface area contributed by atoms with Crippen LogP contribution in [0.25, 0.3) is 0 Å². The van der Waals surface area contributed by atoms with E-state index >= 15 is 0 Å². The van der Waals surface area contributed by atoms with Crippen molar-refractivity contribution < 1.29 is 0 Å². The first-order chi connectivity index (χ1) is 9.87.